The number of rotatable bonds is 1. The minimum absolute atomic E-state index is 0.0760. The highest BCUT2D eigenvalue weighted by molar-refractivity contribution is 5.52. The molecule has 1 nitrogen and oxygen atoms in total. The summed E-state index contributed by atoms with van der Waals surface area (Å²) in [7, 11) is 1.79. The molecule has 0 amide bonds. The summed E-state index contributed by atoms with van der Waals surface area (Å²) in [5, 5.41) is 0. The Kier molecular flexibility index (Phi) is 10.7. The summed E-state index contributed by atoms with van der Waals surface area (Å²) in [4.78, 5) is 0. The van der Waals surface area contributed by atoms with E-state index in [4.69, 9.17) is 4.74 Å². The van der Waals surface area contributed by atoms with Gasteiger partial charge >= 0.3 is 0 Å². The molecule has 0 radical (unpaired) electrons. The molecular weight excluding hydrogens is 304 g/mol. The number of benzene rings is 1. The van der Waals surface area contributed by atoms with E-state index in [0.29, 0.717) is 0 Å². The second kappa shape index (κ2) is 10.2. The van der Waals surface area contributed by atoms with Crippen molar-refractivity contribution in [2.24, 2.45) is 0 Å². The van der Waals surface area contributed by atoms with Gasteiger partial charge in [-0.15, -0.1) is 0 Å². The van der Waals surface area contributed by atoms with Crippen LogP contribution in [-0.2, 0) is 16.2 Å². The summed E-state index contributed by atoms with van der Waals surface area (Å²) in [5.74, 6) is 1.05. The van der Waals surface area contributed by atoms with Crippen molar-refractivity contribution in [3.05, 3.63) is 28.8 Å². The van der Waals surface area contributed by atoms with Crippen LogP contribution in [0.4, 0.5) is 0 Å². The van der Waals surface area contributed by atoms with Crippen molar-refractivity contribution in [3.8, 4) is 5.75 Å². The topological polar surface area (TPSA) is 9.23 Å². The van der Waals surface area contributed by atoms with Crippen molar-refractivity contribution >= 4 is 0 Å². The Morgan fingerprint density at radius 1 is 0.680 bits per heavy atom. The zero-order chi connectivity index (χ0) is 20.6. The number of methoxy groups -OCH3 is 1. The summed E-state index contributed by atoms with van der Waals surface area (Å²) in [6, 6.07) is 4.65. The molecule has 1 rings (SSSR count). The Hall–Kier alpha value is -0.980. The fourth-order valence-electron chi connectivity index (χ4n) is 2.40. The van der Waals surface area contributed by atoms with Crippen LogP contribution in [0.25, 0.3) is 0 Å². The lowest BCUT2D eigenvalue weighted by Crippen LogP contribution is -2.22. The maximum atomic E-state index is 5.80. The molecule has 0 heterocycles. The summed E-state index contributed by atoms with van der Waals surface area (Å²) in [5.41, 5.74) is 4.29. The zero-order valence-electron chi connectivity index (χ0n) is 19.8. The van der Waals surface area contributed by atoms with E-state index < -0.39 is 0 Å². The van der Waals surface area contributed by atoms with Crippen LogP contribution in [0.1, 0.15) is 113 Å². The molecule has 0 N–H and O–H groups in total. The van der Waals surface area contributed by atoms with Crippen molar-refractivity contribution in [2.75, 3.05) is 7.11 Å². The highest BCUT2D eigenvalue weighted by Gasteiger charge is 2.29. The fraction of sp³-hybridized carbons (Fsp3) is 0.750. The van der Waals surface area contributed by atoms with Gasteiger partial charge in [-0.25, -0.2) is 0 Å². The third-order valence-electron chi connectivity index (χ3n) is 3.78. The van der Waals surface area contributed by atoms with Gasteiger partial charge in [0.15, 0.2) is 0 Å². The van der Waals surface area contributed by atoms with Crippen LogP contribution in [0.15, 0.2) is 12.1 Å². The molecule has 0 atom stereocenters. The van der Waals surface area contributed by atoms with Crippen molar-refractivity contribution in [2.45, 2.75) is 113 Å². The lowest BCUT2D eigenvalue weighted by molar-refractivity contribution is 0.380. The molecule has 0 fully saturated rings. The molecule has 1 aromatic carbocycles. The van der Waals surface area contributed by atoms with Gasteiger partial charge in [0.05, 0.1) is 7.11 Å². The molecule has 1 aromatic rings. The first-order valence-electron chi connectivity index (χ1n) is 9.93. The lowest BCUT2D eigenvalue weighted by atomic mass is 9.75. The second-order valence-corrected chi connectivity index (χ2v) is 9.56. The molecule has 148 valence electrons. The summed E-state index contributed by atoms with van der Waals surface area (Å²) >= 11 is 0. The molecule has 0 unspecified atom stereocenters. The SMILES string of the molecule is CC.CCC.COc1c(C(C)(C)C)cc(C(C)(C)C)cc1C(C)(C)C. The van der Waals surface area contributed by atoms with Gasteiger partial charge < -0.3 is 4.74 Å². The van der Waals surface area contributed by atoms with Crippen LogP contribution in [-0.4, -0.2) is 7.11 Å². The predicted octanol–water partition coefficient (Wildman–Crippen LogP) is 8.03. The molecule has 0 saturated heterocycles. The fourth-order valence-corrected chi connectivity index (χ4v) is 2.40. The van der Waals surface area contributed by atoms with Crippen molar-refractivity contribution in [1.29, 1.82) is 0 Å². The second-order valence-electron chi connectivity index (χ2n) is 9.56. The first-order chi connectivity index (χ1) is 11.2. The first kappa shape index (κ1) is 26.3. The van der Waals surface area contributed by atoms with Crippen LogP contribution in [0.2, 0.25) is 0 Å². The van der Waals surface area contributed by atoms with E-state index in [2.05, 4.69) is 88.3 Å². The van der Waals surface area contributed by atoms with E-state index in [1.165, 1.54) is 23.1 Å². The van der Waals surface area contributed by atoms with Crippen molar-refractivity contribution in [1.82, 2.24) is 0 Å². The summed E-state index contributed by atoms with van der Waals surface area (Å²) in [6.45, 7) is 28.6. The Balaban J connectivity index is 0. The van der Waals surface area contributed by atoms with Crippen LogP contribution >= 0.6 is 0 Å². The highest BCUT2D eigenvalue weighted by Crippen LogP contribution is 2.42. The van der Waals surface area contributed by atoms with E-state index >= 15 is 0 Å². The molecule has 0 aliphatic rings. The largest absolute Gasteiger partial charge is 0.496 e. The van der Waals surface area contributed by atoms with E-state index in [-0.39, 0.29) is 16.2 Å². The molecule has 0 saturated carbocycles. The third kappa shape index (κ3) is 8.29. The smallest absolute Gasteiger partial charge is 0.126 e. The van der Waals surface area contributed by atoms with Gasteiger partial charge in [-0.3, -0.25) is 0 Å². The molecule has 0 spiro atoms. The highest BCUT2D eigenvalue weighted by atomic mass is 16.5. The zero-order valence-corrected chi connectivity index (χ0v) is 19.8. The maximum absolute atomic E-state index is 5.80. The molecule has 1 heteroatoms. The van der Waals surface area contributed by atoms with Gasteiger partial charge in [-0.1, -0.05) is 109 Å². The van der Waals surface area contributed by atoms with Crippen LogP contribution in [0.3, 0.4) is 0 Å². The van der Waals surface area contributed by atoms with Crippen LogP contribution in [0, 0.1) is 0 Å². The quantitative estimate of drug-likeness (QED) is 0.498. The average Bonchev–Trinajstić information content (AvgIpc) is 2.46. The summed E-state index contributed by atoms with van der Waals surface area (Å²) < 4.78 is 5.80. The van der Waals surface area contributed by atoms with Crippen molar-refractivity contribution < 1.29 is 4.74 Å². The monoisotopic (exact) mass is 350 g/mol. The Morgan fingerprint density at radius 2 is 0.960 bits per heavy atom. The molecule has 0 bridgehead atoms. The normalized spacial score (nSPS) is 11.8. The standard InChI is InChI=1S/C19H32O.C3H8.C2H6/c1-17(2,3)13-11-14(18(4,5)6)16(20-10)15(12-13)19(7,8)9;1-3-2;1-2/h11-12H,1-10H3;3H2,1-2H3;1-2H3. The van der Waals surface area contributed by atoms with Gasteiger partial charge in [0.25, 0.3) is 0 Å². The minimum Gasteiger partial charge on any atom is -0.496 e. The van der Waals surface area contributed by atoms with Gasteiger partial charge in [-0.2, -0.15) is 0 Å². The molecule has 0 aromatic heterocycles. The van der Waals surface area contributed by atoms with Gasteiger partial charge in [0, 0.05) is 11.1 Å². The molecule has 0 aliphatic heterocycles. The van der Waals surface area contributed by atoms with Crippen LogP contribution in [0.5, 0.6) is 5.75 Å². The van der Waals surface area contributed by atoms with Gasteiger partial charge in [0.1, 0.15) is 5.75 Å². The lowest BCUT2D eigenvalue weighted by Gasteiger charge is -2.32. The summed E-state index contributed by atoms with van der Waals surface area (Å²) in [6.07, 6.45) is 1.25. The van der Waals surface area contributed by atoms with E-state index in [9.17, 15) is 0 Å². The van der Waals surface area contributed by atoms with E-state index in [1.807, 2.05) is 13.8 Å². The number of hydrogen-bond acceptors (Lipinski definition) is 1. The Labute approximate surface area is 159 Å². The Bertz CT molecular complexity index is 455. The third-order valence-corrected chi connectivity index (χ3v) is 3.78. The minimum atomic E-state index is 0.0760. The molecule has 25 heavy (non-hydrogen) atoms. The number of hydrogen-bond donors (Lipinski definition) is 0. The molecule has 0 aliphatic carbocycles. The van der Waals surface area contributed by atoms with Crippen LogP contribution < -0.4 is 4.74 Å². The van der Waals surface area contributed by atoms with Crippen molar-refractivity contribution in [3.63, 3.8) is 0 Å². The Morgan fingerprint density at radius 3 is 1.12 bits per heavy atom. The predicted molar refractivity (Wildman–Crippen MR) is 116 cm³/mol. The van der Waals surface area contributed by atoms with E-state index in [0.717, 1.165) is 5.75 Å². The molecular formula is C24H46O. The average molecular weight is 351 g/mol. The van der Waals surface area contributed by atoms with Gasteiger partial charge in [0.2, 0.25) is 0 Å². The van der Waals surface area contributed by atoms with Gasteiger partial charge in [-0.05, 0) is 21.8 Å². The number of ether oxygens (including phenoxy) is 1. The first-order valence-corrected chi connectivity index (χ1v) is 9.93. The van der Waals surface area contributed by atoms with E-state index in [1.54, 1.807) is 7.11 Å². The maximum Gasteiger partial charge on any atom is 0.126 e.